The summed E-state index contributed by atoms with van der Waals surface area (Å²) in [5.74, 6) is -0.357. The van der Waals surface area contributed by atoms with Crippen molar-refractivity contribution in [3.8, 4) is 0 Å². The Kier molecular flexibility index (Phi) is 2.93. The molecule has 0 amide bonds. The third-order valence-electron chi connectivity index (χ3n) is 2.29. The summed E-state index contributed by atoms with van der Waals surface area (Å²) in [4.78, 5) is 3.79. The summed E-state index contributed by atoms with van der Waals surface area (Å²) in [6.07, 6.45) is 1.64. The highest BCUT2D eigenvalue weighted by molar-refractivity contribution is 7.97. The lowest BCUT2D eigenvalue weighted by Crippen LogP contribution is -2.28. The van der Waals surface area contributed by atoms with Gasteiger partial charge in [0.25, 0.3) is 0 Å². The minimum atomic E-state index is -3.64. The largest absolute Gasteiger partial charge is 0.258 e. The van der Waals surface area contributed by atoms with Crippen molar-refractivity contribution in [2.24, 2.45) is 0 Å². The van der Waals surface area contributed by atoms with Gasteiger partial charge in [-0.3, -0.25) is 4.72 Å². The number of rotatable bonds is 3. The van der Waals surface area contributed by atoms with Gasteiger partial charge in [0, 0.05) is 11.6 Å². The van der Waals surface area contributed by atoms with Gasteiger partial charge >= 0.3 is 0 Å². The molecular weight excluding hydrogens is 272 g/mol. The zero-order chi connectivity index (χ0) is 11.8. The second-order valence-electron chi connectivity index (χ2n) is 3.51. The zero-order valence-corrected chi connectivity index (χ0v) is 10.6. The number of nitrogens with zero attached hydrogens (tertiary/aromatic N) is 1. The van der Waals surface area contributed by atoms with Crippen molar-refractivity contribution in [2.45, 2.75) is 11.7 Å². The average molecular weight is 282 g/mol. The monoisotopic (exact) mass is 282 g/mol. The first-order valence-electron chi connectivity index (χ1n) is 4.51. The van der Waals surface area contributed by atoms with Crippen LogP contribution in [0.4, 0.5) is 5.13 Å². The average Bonchev–Trinajstić information content (AvgIpc) is 2.74. The summed E-state index contributed by atoms with van der Waals surface area (Å²) in [7, 11) is -6.83. The molecule has 1 atom stereocenters. The highest BCUT2D eigenvalue weighted by Crippen LogP contribution is 2.22. The molecule has 0 saturated carbocycles. The molecule has 0 bridgehead atoms. The van der Waals surface area contributed by atoms with E-state index in [0.29, 0.717) is 0 Å². The molecule has 0 unspecified atom stereocenters. The topological polar surface area (TPSA) is 93.2 Å². The molecule has 1 fully saturated rings. The van der Waals surface area contributed by atoms with Crippen LogP contribution in [-0.2, 0) is 19.9 Å². The number of hydrogen-bond donors (Lipinski definition) is 1. The molecule has 9 heteroatoms. The third-order valence-corrected chi connectivity index (χ3v) is 6.85. The lowest BCUT2D eigenvalue weighted by molar-refractivity contribution is 0.587. The number of hydrogen-bond acceptors (Lipinski definition) is 6. The van der Waals surface area contributed by atoms with Crippen LogP contribution in [-0.4, -0.2) is 38.6 Å². The van der Waals surface area contributed by atoms with E-state index in [2.05, 4.69) is 9.71 Å². The summed E-state index contributed by atoms with van der Waals surface area (Å²) in [5, 5.41) is 1.05. The molecule has 90 valence electrons. The number of aromatic nitrogens is 1. The van der Waals surface area contributed by atoms with Crippen molar-refractivity contribution in [3.05, 3.63) is 11.6 Å². The summed E-state index contributed by atoms with van der Waals surface area (Å²) in [6, 6.07) is 0. The van der Waals surface area contributed by atoms with Gasteiger partial charge in [-0.2, -0.15) is 0 Å². The molecule has 1 aromatic heterocycles. The number of anilines is 1. The van der Waals surface area contributed by atoms with Crippen LogP contribution in [0.5, 0.6) is 0 Å². The van der Waals surface area contributed by atoms with Crippen LogP contribution in [0, 0.1) is 0 Å². The first-order valence-corrected chi connectivity index (χ1v) is 8.75. The first-order chi connectivity index (χ1) is 7.39. The van der Waals surface area contributed by atoms with E-state index in [1.165, 1.54) is 6.20 Å². The normalized spacial score (nSPS) is 24.4. The molecule has 0 spiro atoms. The van der Waals surface area contributed by atoms with Crippen molar-refractivity contribution < 1.29 is 16.8 Å². The number of nitrogens with one attached hydrogen (secondary N) is 1. The first kappa shape index (κ1) is 11.8. The molecule has 0 aliphatic carbocycles. The molecule has 1 aliphatic rings. The van der Waals surface area contributed by atoms with Crippen molar-refractivity contribution in [1.82, 2.24) is 4.98 Å². The van der Waals surface area contributed by atoms with Gasteiger partial charge in [-0.15, -0.1) is 11.3 Å². The molecule has 2 rings (SSSR count). The highest BCUT2D eigenvalue weighted by atomic mass is 32.2. The smallest absolute Gasteiger partial charge is 0.238 e. The van der Waals surface area contributed by atoms with Gasteiger partial charge in [0.2, 0.25) is 10.0 Å². The fraction of sp³-hybridized carbons (Fsp3) is 0.571. The Bertz CT molecular complexity index is 561. The molecule has 16 heavy (non-hydrogen) atoms. The van der Waals surface area contributed by atoms with Crippen LogP contribution in [0.2, 0.25) is 0 Å². The summed E-state index contributed by atoms with van der Waals surface area (Å²) < 4.78 is 48.2. The van der Waals surface area contributed by atoms with Crippen LogP contribution >= 0.6 is 11.3 Å². The number of sulfonamides is 1. The lowest BCUT2D eigenvalue weighted by Gasteiger charge is -2.09. The minimum absolute atomic E-state index is 0.0591. The van der Waals surface area contributed by atoms with Crippen molar-refractivity contribution in [2.75, 3.05) is 16.2 Å². The van der Waals surface area contributed by atoms with Gasteiger partial charge in [0.1, 0.15) is 0 Å². The summed E-state index contributed by atoms with van der Waals surface area (Å²) in [5.41, 5.74) is 0. The van der Waals surface area contributed by atoms with E-state index in [1.54, 1.807) is 5.38 Å². The predicted molar refractivity (Wildman–Crippen MR) is 61.7 cm³/mol. The van der Waals surface area contributed by atoms with Gasteiger partial charge < -0.3 is 0 Å². The van der Waals surface area contributed by atoms with Gasteiger partial charge in [-0.1, -0.05) is 0 Å². The summed E-state index contributed by atoms with van der Waals surface area (Å²) in [6.45, 7) is 0. The molecule has 2 heterocycles. The molecular formula is C7H10N2O4S3. The second-order valence-corrected chi connectivity index (χ2v) is 8.59. The lowest BCUT2D eigenvalue weighted by atomic mass is 10.4. The number of sulfone groups is 1. The van der Waals surface area contributed by atoms with Gasteiger partial charge in [0.15, 0.2) is 15.0 Å². The van der Waals surface area contributed by atoms with Crippen molar-refractivity contribution in [3.63, 3.8) is 0 Å². The maximum absolute atomic E-state index is 11.8. The molecule has 0 radical (unpaired) electrons. The fourth-order valence-corrected chi connectivity index (χ4v) is 6.32. The Morgan fingerprint density at radius 1 is 1.50 bits per heavy atom. The third kappa shape index (κ3) is 2.53. The van der Waals surface area contributed by atoms with Crippen LogP contribution in [0.15, 0.2) is 11.6 Å². The van der Waals surface area contributed by atoms with Gasteiger partial charge in [-0.25, -0.2) is 21.8 Å². The Hall–Kier alpha value is -0.670. The maximum atomic E-state index is 11.8. The zero-order valence-electron chi connectivity index (χ0n) is 8.16. The molecule has 0 aromatic carbocycles. The standard InChI is InChI=1S/C7H10N2O4S3/c10-15(11)4-1-6(5-15)16(12,13)9-7-8-2-3-14-7/h2-3,6H,1,4-5H2,(H,8,9)/t6-/m0/s1. The minimum Gasteiger partial charge on any atom is -0.258 e. The van der Waals surface area contributed by atoms with Crippen LogP contribution < -0.4 is 4.72 Å². The van der Waals surface area contributed by atoms with Crippen LogP contribution in [0.25, 0.3) is 0 Å². The molecule has 1 saturated heterocycles. The predicted octanol–water partition coefficient (Wildman–Crippen LogP) is 0.0719. The van der Waals surface area contributed by atoms with Gasteiger partial charge in [0.05, 0.1) is 16.8 Å². The number of thiazole rings is 1. The van der Waals surface area contributed by atoms with Crippen LogP contribution in [0.3, 0.4) is 0 Å². The second kappa shape index (κ2) is 3.97. The van der Waals surface area contributed by atoms with E-state index in [1.807, 2.05) is 0 Å². The molecule has 1 N–H and O–H groups in total. The molecule has 1 aliphatic heterocycles. The van der Waals surface area contributed by atoms with Crippen molar-refractivity contribution in [1.29, 1.82) is 0 Å². The molecule has 1 aromatic rings. The Labute approximate surface area is 97.7 Å². The van der Waals surface area contributed by atoms with E-state index >= 15 is 0 Å². The maximum Gasteiger partial charge on any atom is 0.238 e. The SMILES string of the molecule is O=S1(=O)CC[C@H](S(=O)(=O)Nc2nccs2)C1. The van der Waals surface area contributed by atoms with Crippen molar-refractivity contribution >= 4 is 36.3 Å². The van der Waals surface area contributed by atoms with E-state index < -0.39 is 25.1 Å². The quantitative estimate of drug-likeness (QED) is 0.847. The Balaban J connectivity index is 2.15. The molecule has 6 nitrogen and oxygen atoms in total. The van der Waals surface area contributed by atoms with Gasteiger partial charge in [-0.05, 0) is 6.42 Å². The van der Waals surface area contributed by atoms with E-state index in [9.17, 15) is 16.8 Å². The fourth-order valence-electron chi connectivity index (χ4n) is 1.48. The van der Waals surface area contributed by atoms with E-state index in [4.69, 9.17) is 0 Å². The van der Waals surface area contributed by atoms with Crippen LogP contribution in [0.1, 0.15) is 6.42 Å². The summed E-state index contributed by atoms with van der Waals surface area (Å²) >= 11 is 1.16. The van der Waals surface area contributed by atoms with E-state index in [0.717, 1.165) is 11.3 Å². The Morgan fingerprint density at radius 2 is 2.25 bits per heavy atom. The Morgan fingerprint density at radius 3 is 2.75 bits per heavy atom. The highest BCUT2D eigenvalue weighted by Gasteiger charge is 2.37. The van der Waals surface area contributed by atoms with E-state index in [-0.39, 0.29) is 23.1 Å².